The first-order valence-corrected chi connectivity index (χ1v) is 12.1. The average Bonchev–Trinajstić information content (AvgIpc) is 3.52. The monoisotopic (exact) mass is 469 g/mol. The molecular formula is C21H19N5O4S2. The number of rotatable bonds is 5. The van der Waals surface area contributed by atoms with Crippen molar-refractivity contribution in [3.8, 4) is 0 Å². The highest BCUT2D eigenvalue weighted by Crippen LogP contribution is 2.31. The molecule has 9 nitrogen and oxygen atoms in total. The predicted octanol–water partition coefficient (Wildman–Crippen LogP) is 1.92. The van der Waals surface area contributed by atoms with Gasteiger partial charge in [-0.05, 0) is 37.3 Å². The molecule has 3 aromatic heterocycles. The smallest absolute Gasteiger partial charge is 0.283 e. The number of hydrogen-bond donors (Lipinski definition) is 1. The van der Waals surface area contributed by atoms with Gasteiger partial charge in [-0.15, -0.1) is 11.3 Å². The zero-order chi connectivity index (χ0) is 22.5. The zero-order valence-electron chi connectivity index (χ0n) is 17.0. The van der Waals surface area contributed by atoms with E-state index in [1.165, 1.54) is 23.6 Å². The summed E-state index contributed by atoms with van der Waals surface area (Å²) in [7, 11) is -3.87. The summed E-state index contributed by atoms with van der Waals surface area (Å²) in [6.45, 7) is 1.62. The summed E-state index contributed by atoms with van der Waals surface area (Å²) in [6.07, 6.45) is 3.03. The van der Waals surface area contributed by atoms with Crippen LogP contribution in [-0.2, 0) is 33.3 Å². The fraction of sp³-hybridized carbons (Fsp3) is 0.238. The third-order valence-electron chi connectivity index (χ3n) is 5.71. The molecule has 0 spiro atoms. The minimum Gasteiger partial charge on any atom is -0.395 e. The van der Waals surface area contributed by atoms with Crippen molar-refractivity contribution in [3.63, 3.8) is 0 Å². The minimum atomic E-state index is -3.87. The summed E-state index contributed by atoms with van der Waals surface area (Å²) in [4.78, 5) is 23.3. The Morgan fingerprint density at radius 1 is 1.22 bits per heavy atom. The fourth-order valence-electron chi connectivity index (χ4n) is 3.79. The third kappa shape index (κ3) is 3.20. The maximum absolute atomic E-state index is 13.2. The van der Waals surface area contributed by atoms with Crippen LogP contribution in [0, 0.1) is 0 Å². The van der Waals surface area contributed by atoms with Crippen molar-refractivity contribution in [3.05, 3.63) is 71.3 Å². The van der Waals surface area contributed by atoms with E-state index in [0.717, 1.165) is 14.3 Å². The first-order valence-electron chi connectivity index (χ1n) is 9.81. The molecule has 0 bridgehead atoms. The van der Waals surface area contributed by atoms with E-state index in [0.29, 0.717) is 17.0 Å². The molecule has 0 radical (unpaired) electrons. The third-order valence-corrected chi connectivity index (χ3v) is 8.03. The van der Waals surface area contributed by atoms with Crippen LogP contribution in [0.15, 0.2) is 59.2 Å². The quantitative estimate of drug-likeness (QED) is 0.474. The lowest BCUT2D eigenvalue weighted by Gasteiger charge is -2.30. The Bertz CT molecular complexity index is 1410. The van der Waals surface area contributed by atoms with E-state index < -0.39 is 22.0 Å². The van der Waals surface area contributed by atoms with E-state index in [1.54, 1.807) is 53.9 Å². The Kier molecular flexibility index (Phi) is 4.84. The topological polar surface area (TPSA) is 118 Å². The fourth-order valence-corrected chi connectivity index (χ4v) is 5.78. The van der Waals surface area contributed by atoms with Crippen LogP contribution in [0.4, 0.5) is 0 Å². The van der Waals surface area contributed by atoms with E-state index >= 15 is 0 Å². The molecule has 1 N–H and O–H groups in total. The largest absolute Gasteiger partial charge is 0.395 e. The van der Waals surface area contributed by atoms with Crippen LogP contribution in [0.25, 0.3) is 10.2 Å². The van der Waals surface area contributed by atoms with E-state index in [1.807, 2.05) is 0 Å². The van der Waals surface area contributed by atoms with Gasteiger partial charge in [0.25, 0.3) is 10.0 Å². The second-order valence-corrected chi connectivity index (χ2v) is 10.5. The number of carbonyl (C=O) groups excluding carboxylic acids is 1. The van der Waals surface area contributed by atoms with Gasteiger partial charge >= 0.3 is 0 Å². The predicted molar refractivity (Wildman–Crippen MR) is 117 cm³/mol. The molecular weight excluding hydrogens is 450 g/mol. The van der Waals surface area contributed by atoms with E-state index in [-0.39, 0.29) is 23.9 Å². The first-order chi connectivity index (χ1) is 15.3. The number of fused-ring (bicyclic) bond motifs is 2. The van der Waals surface area contributed by atoms with Crippen LogP contribution >= 0.6 is 11.3 Å². The Balaban J connectivity index is 1.40. The number of pyridine rings is 1. The van der Waals surface area contributed by atoms with Crippen LogP contribution in [0.2, 0.25) is 0 Å². The molecule has 1 aliphatic rings. The number of aliphatic hydroxyl groups is 1. The summed E-state index contributed by atoms with van der Waals surface area (Å²) in [5.41, 5.74) is 2.86. The molecule has 0 unspecified atom stereocenters. The van der Waals surface area contributed by atoms with Crippen molar-refractivity contribution in [2.75, 3.05) is 6.61 Å². The van der Waals surface area contributed by atoms with Gasteiger partial charge in [0.05, 0.1) is 45.2 Å². The van der Waals surface area contributed by atoms with Crippen molar-refractivity contribution in [2.24, 2.45) is 0 Å². The lowest BCUT2D eigenvalue weighted by Crippen LogP contribution is -2.46. The Morgan fingerprint density at radius 3 is 2.78 bits per heavy atom. The Morgan fingerprint density at radius 2 is 2.06 bits per heavy atom. The summed E-state index contributed by atoms with van der Waals surface area (Å²) < 4.78 is 27.9. The number of carbonyl (C=O) groups is 1. The zero-order valence-corrected chi connectivity index (χ0v) is 18.7. The maximum Gasteiger partial charge on any atom is 0.283 e. The van der Waals surface area contributed by atoms with Crippen molar-refractivity contribution in [2.45, 2.75) is 30.3 Å². The van der Waals surface area contributed by atoms with Crippen molar-refractivity contribution < 1.29 is 18.3 Å². The van der Waals surface area contributed by atoms with Gasteiger partial charge < -0.3 is 10.0 Å². The number of aromatic nitrogens is 4. The van der Waals surface area contributed by atoms with E-state index in [2.05, 4.69) is 15.1 Å². The molecule has 0 saturated heterocycles. The number of benzene rings is 1. The highest BCUT2D eigenvalue weighted by molar-refractivity contribution is 7.89. The summed E-state index contributed by atoms with van der Waals surface area (Å²) >= 11 is 1.37. The second kappa shape index (κ2) is 7.47. The lowest BCUT2D eigenvalue weighted by molar-refractivity contribution is -0.139. The molecule has 32 heavy (non-hydrogen) atoms. The molecule has 1 aromatic carbocycles. The van der Waals surface area contributed by atoms with Crippen LogP contribution in [-0.4, -0.2) is 50.1 Å². The highest BCUT2D eigenvalue weighted by atomic mass is 32.2. The summed E-state index contributed by atoms with van der Waals surface area (Å²) in [6, 6.07) is 9.98. The number of aliphatic hydroxyl groups excluding tert-OH is 1. The van der Waals surface area contributed by atoms with Gasteiger partial charge in [-0.3, -0.25) is 9.78 Å². The molecule has 1 aliphatic heterocycles. The van der Waals surface area contributed by atoms with E-state index in [4.69, 9.17) is 0 Å². The molecule has 5 rings (SSSR count). The van der Waals surface area contributed by atoms with Crippen LogP contribution in [0.5, 0.6) is 0 Å². The van der Waals surface area contributed by atoms with E-state index in [9.17, 15) is 18.3 Å². The second-order valence-electron chi connectivity index (χ2n) is 7.83. The first kappa shape index (κ1) is 20.7. The number of nitrogens with zero attached hydrogens (tertiary/aromatic N) is 5. The van der Waals surface area contributed by atoms with Gasteiger partial charge in [0, 0.05) is 24.5 Å². The Hall–Kier alpha value is -3.15. The molecule has 0 aliphatic carbocycles. The average molecular weight is 470 g/mol. The maximum atomic E-state index is 13.2. The molecule has 4 aromatic rings. The van der Waals surface area contributed by atoms with Gasteiger partial charge in [-0.2, -0.15) is 17.6 Å². The van der Waals surface area contributed by atoms with Crippen molar-refractivity contribution in [1.82, 2.24) is 24.1 Å². The Labute approximate surface area is 188 Å². The number of thiazole rings is 1. The lowest BCUT2D eigenvalue weighted by atomic mass is 9.85. The number of amides is 1. The van der Waals surface area contributed by atoms with Crippen LogP contribution < -0.4 is 0 Å². The highest BCUT2D eigenvalue weighted by Gasteiger charge is 2.42. The molecule has 1 amide bonds. The van der Waals surface area contributed by atoms with Gasteiger partial charge in [0.2, 0.25) is 5.91 Å². The van der Waals surface area contributed by atoms with Crippen molar-refractivity contribution in [1.29, 1.82) is 0 Å². The number of hydrogen-bond acceptors (Lipinski definition) is 8. The van der Waals surface area contributed by atoms with Gasteiger partial charge in [-0.1, -0.05) is 6.07 Å². The molecule has 1 atom stereocenters. The molecule has 0 saturated carbocycles. The molecule has 164 valence electrons. The molecule has 11 heteroatoms. The summed E-state index contributed by atoms with van der Waals surface area (Å²) in [5.74, 6) is -0.290. The standard InChI is InChI=1S/C21H19N5O4S2/c1-21(12-27,19-4-2-3-7-22-19)20(28)25-9-14-10-26(24-17(14)11-25)32(29,30)15-5-6-16-18(8-15)31-13-23-16/h2-8,10,13,27H,9,11-12H2,1H3/t21-/m1/s1. The summed E-state index contributed by atoms with van der Waals surface area (Å²) in [5, 5.41) is 14.2. The van der Waals surface area contributed by atoms with Gasteiger partial charge in [0.1, 0.15) is 5.41 Å². The minimum absolute atomic E-state index is 0.131. The molecule has 0 fully saturated rings. The van der Waals surface area contributed by atoms with Crippen LogP contribution in [0.3, 0.4) is 0 Å². The van der Waals surface area contributed by atoms with Crippen molar-refractivity contribution >= 4 is 37.5 Å². The van der Waals surface area contributed by atoms with Gasteiger partial charge in [0.15, 0.2) is 0 Å². The molecule has 4 heterocycles. The van der Waals surface area contributed by atoms with Crippen LogP contribution in [0.1, 0.15) is 23.9 Å². The normalized spacial score (nSPS) is 15.6. The SMILES string of the molecule is C[C@](CO)(C(=O)N1Cc2cn(S(=O)(=O)c3ccc4ncsc4c3)nc2C1)c1ccccn1. The van der Waals surface area contributed by atoms with Gasteiger partial charge in [-0.25, -0.2) is 4.98 Å².